The number of nitrogens with one attached hydrogen (secondary N) is 2. The number of benzene rings is 4. The lowest BCUT2D eigenvalue weighted by atomic mass is 10.00. The summed E-state index contributed by atoms with van der Waals surface area (Å²) >= 11 is 0. The first-order valence-corrected chi connectivity index (χ1v) is 14.1. The van der Waals surface area contributed by atoms with Crippen LogP contribution in [0.4, 0.5) is 10.5 Å². The molecule has 4 aromatic carbocycles. The van der Waals surface area contributed by atoms with Crippen LogP contribution < -0.4 is 10.6 Å². The number of phenols is 1. The minimum absolute atomic E-state index is 0.0333. The van der Waals surface area contributed by atoms with Crippen molar-refractivity contribution in [1.29, 1.82) is 0 Å². The fourth-order valence-corrected chi connectivity index (χ4v) is 4.77. The Hall–Kier alpha value is -5.11. The second-order valence-corrected chi connectivity index (χ2v) is 11.2. The van der Waals surface area contributed by atoms with Crippen LogP contribution in [0, 0.1) is 0 Å². The van der Waals surface area contributed by atoms with Crippen molar-refractivity contribution in [3.05, 3.63) is 121 Å². The van der Waals surface area contributed by atoms with E-state index in [1.807, 2.05) is 48.5 Å². The molecule has 0 saturated heterocycles. The number of anilines is 1. The minimum Gasteiger partial charge on any atom is -0.508 e. The molecule has 0 heterocycles. The van der Waals surface area contributed by atoms with Crippen molar-refractivity contribution >= 4 is 34.4 Å². The van der Waals surface area contributed by atoms with Crippen molar-refractivity contribution < 1.29 is 24.2 Å². The summed E-state index contributed by atoms with van der Waals surface area (Å²) in [5.74, 6) is -0.840. The van der Waals surface area contributed by atoms with E-state index in [1.54, 1.807) is 63.2 Å². The largest absolute Gasteiger partial charge is 0.508 e. The van der Waals surface area contributed by atoms with Crippen LogP contribution in [-0.4, -0.2) is 46.1 Å². The van der Waals surface area contributed by atoms with Gasteiger partial charge in [0.05, 0.1) is 0 Å². The van der Waals surface area contributed by atoms with Gasteiger partial charge in [0.1, 0.15) is 23.4 Å². The maximum absolute atomic E-state index is 14.3. The molecule has 4 aromatic rings. The van der Waals surface area contributed by atoms with Gasteiger partial charge in [0.2, 0.25) is 5.91 Å². The predicted molar refractivity (Wildman–Crippen MR) is 169 cm³/mol. The van der Waals surface area contributed by atoms with Crippen LogP contribution in [-0.2, 0) is 20.7 Å². The first-order chi connectivity index (χ1) is 20.5. The highest BCUT2D eigenvalue weighted by Crippen LogP contribution is 2.26. The van der Waals surface area contributed by atoms with Gasteiger partial charge in [-0.25, -0.2) is 4.79 Å². The van der Waals surface area contributed by atoms with Gasteiger partial charge in [-0.05, 0) is 66.9 Å². The molecule has 0 spiro atoms. The lowest BCUT2D eigenvalue weighted by molar-refractivity contribution is -0.140. The molecule has 0 aliphatic heterocycles. The summed E-state index contributed by atoms with van der Waals surface area (Å²) in [7, 11) is 0. The summed E-state index contributed by atoms with van der Waals surface area (Å²) < 4.78 is 5.46. The second-order valence-electron chi connectivity index (χ2n) is 11.2. The highest BCUT2D eigenvalue weighted by atomic mass is 16.6. The molecule has 2 unspecified atom stereocenters. The van der Waals surface area contributed by atoms with Crippen molar-refractivity contribution in [2.75, 3.05) is 11.9 Å². The van der Waals surface area contributed by atoms with Gasteiger partial charge in [-0.3, -0.25) is 9.59 Å². The number of carbonyl (C=O) groups is 3. The van der Waals surface area contributed by atoms with E-state index in [4.69, 9.17) is 4.74 Å². The molecule has 0 saturated carbocycles. The Kier molecular flexibility index (Phi) is 9.83. The van der Waals surface area contributed by atoms with Crippen molar-refractivity contribution in [3.63, 3.8) is 0 Å². The Morgan fingerprint density at radius 2 is 1.56 bits per heavy atom. The van der Waals surface area contributed by atoms with Crippen LogP contribution in [0.15, 0.2) is 110 Å². The molecule has 8 nitrogen and oxygen atoms in total. The lowest BCUT2D eigenvalue weighted by Crippen LogP contribution is -2.53. The zero-order chi connectivity index (χ0) is 31.0. The number of hydrogen-bond donors (Lipinski definition) is 3. The zero-order valence-electron chi connectivity index (χ0n) is 24.6. The predicted octanol–water partition coefficient (Wildman–Crippen LogP) is 6.38. The number of nitrogens with zero attached hydrogens (tertiary/aromatic N) is 1. The fourth-order valence-electron chi connectivity index (χ4n) is 4.77. The van der Waals surface area contributed by atoms with Crippen molar-refractivity contribution in [1.82, 2.24) is 10.2 Å². The summed E-state index contributed by atoms with van der Waals surface area (Å²) in [6.07, 6.45) is 0.877. The van der Waals surface area contributed by atoms with E-state index < -0.39 is 35.6 Å². The number of aromatic hydroxyl groups is 1. The number of amides is 3. The Bertz CT molecular complexity index is 1580. The Morgan fingerprint density at radius 1 is 0.907 bits per heavy atom. The fraction of sp³-hybridized carbons (Fsp3) is 0.229. The summed E-state index contributed by atoms with van der Waals surface area (Å²) in [4.78, 5) is 42.6. The monoisotopic (exact) mass is 579 g/mol. The van der Waals surface area contributed by atoms with Crippen molar-refractivity contribution in [2.45, 2.75) is 44.9 Å². The molecule has 222 valence electrons. The molecule has 4 rings (SSSR count). The smallest absolute Gasteiger partial charge is 0.408 e. The van der Waals surface area contributed by atoms with Crippen molar-refractivity contribution in [2.24, 2.45) is 0 Å². The van der Waals surface area contributed by atoms with Crippen LogP contribution in [0.3, 0.4) is 0 Å². The summed E-state index contributed by atoms with van der Waals surface area (Å²) in [5, 5.41) is 17.4. The van der Waals surface area contributed by atoms with Crippen LogP contribution >= 0.6 is 0 Å². The van der Waals surface area contributed by atoms with E-state index in [0.717, 1.165) is 10.8 Å². The van der Waals surface area contributed by atoms with E-state index in [-0.39, 0.29) is 18.7 Å². The summed E-state index contributed by atoms with van der Waals surface area (Å²) in [6, 6.07) is 26.7. The average molecular weight is 580 g/mol. The van der Waals surface area contributed by atoms with Crippen LogP contribution in [0.1, 0.15) is 37.9 Å². The molecule has 0 radical (unpaired) electrons. The molecular formula is C35H37N3O5. The number of rotatable bonds is 10. The number of fused-ring (bicyclic) bond motifs is 1. The number of phenolic OH excluding ortho intramolecular Hbond substituents is 1. The molecule has 0 aliphatic rings. The van der Waals surface area contributed by atoms with Gasteiger partial charge < -0.3 is 25.4 Å². The van der Waals surface area contributed by atoms with E-state index >= 15 is 0 Å². The van der Waals surface area contributed by atoms with Crippen LogP contribution in [0.25, 0.3) is 10.8 Å². The van der Waals surface area contributed by atoms with E-state index in [2.05, 4.69) is 17.2 Å². The van der Waals surface area contributed by atoms with E-state index in [0.29, 0.717) is 16.8 Å². The van der Waals surface area contributed by atoms with Gasteiger partial charge >= 0.3 is 6.09 Å². The van der Waals surface area contributed by atoms with Gasteiger partial charge in [-0.15, -0.1) is 6.58 Å². The number of ether oxygens (including phenoxy) is 1. The standard InChI is InChI=1S/C35H37N3O5/c1-5-21-38(33(41)30(37-34(42)43-35(2,3)4)22-24-15-19-29(39)20-16-24)31(26-12-7-6-8-13-26)32(40)36-28-18-17-25-11-9-10-14-27(25)23-28/h5-20,23,30-31,39H,1,21-22H2,2-4H3,(H,36,40)(H,37,42). The van der Waals surface area contributed by atoms with Crippen LogP contribution in [0.5, 0.6) is 5.75 Å². The maximum atomic E-state index is 14.3. The minimum atomic E-state index is -1.08. The quantitative estimate of drug-likeness (QED) is 0.189. The first-order valence-electron chi connectivity index (χ1n) is 14.1. The van der Waals surface area contributed by atoms with Gasteiger partial charge in [-0.1, -0.05) is 78.9 Å². The molecule has 3 N–H and O–H groups in total. The first kappa shape index (κ1) is 30.8. The van der Waals surface area contributed by atoms with Crippen molar-refractivity contribution in [3.8, 4) is 5.75 Å². The van der Waals surface area contributed by atoms with Gasteiger partial charge in [0.25, 0.3) is 5.91 Å². The summed E-state index contributed by atoms with van der Waals surface area (Å²) in [5.41, 5.74) is 1.09. The molecule has 2 atom stereocenters. The highest BCUT2D eigenvalue weighted by Gasteiger charge is 2.36. The zero-order valence-corrected chi connectivity index (χ0v) is 24.6. The molecule has 43 heavy (non-hydrogen) atoms. The molecule has 8 heteroatoms. The van der Waals surface area contributed by atoms with Crippen LogP contribution in [0.2, 0.25) is 0 Å². The molecule has 0 fully saturated rings. The Morgan fingerprint density at radius 3 is 2.21 bits per heavy atom. The lowest BCUT2D eigenvalue weighted by Gasteiger charge is -2.34. The Labute approximate surface area is 252 Å². The third-order valence-corrected chi connectivity index (χ3v) is 6.67. The molecule has 0 aliphatic carbocycles. The van der Waals surface area contributed by atoms with Gasteiger partial charge in [0, 0.05) is 18.7 Å². The number of alkyl carbamates (subject to hydrolysis) is 1. The maximum Gasteiger partial charge on any atom is 0.408 e. The highest BCUT2D eigenvalue weighted by molar-refractivity contribution is 6.00. The molecular weight excluding hydrogens is 542 g/mol. The SMILES string of the molecule is C=CCN(C(=O)C(Cc1ccc(O)cc1)NC(=O)OC(C)(C)C)C(C(=O)Nc1ccc2ccccc2c1)c1ccccc1. The van der Waals surface area contributed by atoms with Gasteiger partial charge in [-0.2, -0.15) is 0 Å². The summed E-state index contributed by atoms with van der Waals surface area (Å²) in [6.45, 7) is 9.06. The van der Waals surface area contributed by atoms with Gasteiger partial charge in [0.15, 0.2) is 0 Å². The number of carbonyl (C=O) groups excluding carboxylic acids is 3. The number of hydrogen-bond acceptors (Lipinski definition) is 5. The topological polar surface area (TPSA) is 108 Å². The molecule has 3 amide bonds. The normalized spacial score (nSPS) is 12.5. The Balaban J connectivity index is 1.70. The molecule has 0 bridgehead atoms. The van der Waals surface area contributed by atoms with E-state index in [1.165, 1.54) is 17.0 Å². The third-order valence-electron chi connectivity index (χ3n) is 6.67. The molecule has 0 aromatic heterocycles. The second kappa shape index (κ2) is 13.7. The average Bonchev–Trinajstić information content (AvgIpc) is 2.97. The van der Waals surface area contributed by atoms with E-state index in [9.17, 15) is 19.5 Å². The third kappa shape index (κ3) is 8.45.